The molecule has 2 N–H and O–H groups in total. The molecule has 3 aromatic rings. The van der Waals surface area contributed by atoms with E-state index in [9.17, 15) is 4.79 Å². The number of nitrogens with zero attached hydrogens (tertiary/aromatic N) is 4. The summed E-state index contributed by atoms with van der Waals surface area (Å²) in [6.07, 6.45) is 4.57. The van der Waals surface area contributed by atoms with Crippen molar-refractivity contribution in [2.75, 3.05) is 38.7 Å². The fourth-order valence-electron chi connectivity index (χ4n) is 4.73. The number of aromatic nitrogens is 3. The second-order valence-corrected chi connectivity index (χ2v) is 8.35. The van der Waals surface area contributed by atoms with Crippen LogP contribution in [0.4, 0.5) is 10.6 Å². The summed E-state index contributed by atoms with van der Waals surface area (Å²) in [6.45, 7) is 2.94. The average Bonchev–Trinajstić information content (AvgIpc) is 3.59. The Hall–Kier alpha value is -3.17. The molecule has 0 unspecified atom stereocenters. The lowest BCUT2D eigenvalue weighted by Gasteiger charge is -2.19. The van der Waals surface area contributed by atoms with Gasteiger partial charge in [0.05, 0.1) is 36.1 Å². The van der Waals surface area contributed by atoms with Crippen LogP contribution in [0.15, 0.2) is 47.1 Å². The number of carbonyl (C=O) groups excluding carboxylic acids is 1. The largest absolute Gasteiger partial charge is 0.383 e. The van der Waals surface area contributed by atoms with Gasteiger partial charge in [0.25, 0.3) is 0 Å². The molecule has 1 aromatic carbocycles. The third-order valence-electron chi connectivity index (χ3n) is 6.29. The number of hydrogen-bond acceptors (Lipinski definition) is 6. The standard InChI is InChI=1S/C23H28N6O3/c1-31-13-12-28-14-18(21-10-11-24-32-21)20(15-28)25-23(30)26-22-17-8-5-9-19(17)27-29(22)16-6-3-2-4-7-16/h2-4,6-7,10-11,18,20H,5,8-9,12-15H2,1H3,(H2,25,26,30)/t18-,20-/m0/s1. The van der Waals surface area contributed by atoms with Gasteiger partial charge >= 0.3 is 6.03 Å². The minimum atomic E-state index is -0.236. The quantitative estimate of drug-likeness (QED) is 0.591. The Morgan fingerprint density at radius 2 is 2.09 bits per heavy atom. The van der Waals surface area contributed by atoms with Crippen LogP contribution in [0, 0.1) is 0 Å². The maximum Gasteiger partial charge on any atom is 0.320 e. The topological polar surface area (TPSA) is 97.5 Å². The Labute approximate surface area is 186 Å². The zero-order valence-corrected chi connectivity index (χ0v) is 18.2. The molecule has 0 spiro atoms. The smallest absolute Gasteiger partial charge is 0.320 e. The molecule has 2 aromatic heterocycles. The van der Waals surface area contributed by atoms with Gasteiger partial charge in [-0.1, -0.05) is 23.4 Å². The fraction of sp³-hybridized carbons (Fsp3) is 0.435. The molecule has 1 aliphatic heterocycles. The molecule has 5 rings (SSSR count). The first-order valence-corrected chi connectivity index (χ1v) is 11.1. The number of amides is 2. The molecule has 168 valence electrons. The fourth-order valence-corrected chi connectivity index (χ4v) is 4.73. The van der Waals surface area contributed by atoms with Crippen LogP contribution in [-0.2, 0) is 17.6 Å². The number of rotatable bonds is 7. The van der Waals surface area contributed by atoms with E-state index in [1.54, 1.807) is 13.3 Å². The number of urea groups is 1. The minimum Gasteiger partial charge on any atom is -0.383 e. The zero-order chi connectivity index (χ0) is 21.9. The predicted molar refractivity (Wildman–Crippen MR) is 119 cm³/mol. The van der Waals surface area contributed by atoms with Crippen molar-refractivity contribution in [3.63, 3.8) is 0 Å². The molecule has 2 aliphatic rings. The van der Waals surface area contributed by atoms with Crippen LogP contribution in [0.1, 0.15) is 29.4 Å². The van der Waals surface area contributed by atoms with Crippen molar-refractivity contribution in [1.82, 2.24) is 25.2 Å². The SMILES string of the molecule is COCCN1C[C@H](NC(=O)Nc2c3c(nn2-c2ccccc2)CCC3)[C@@H](c2ccno2)C1. The number of likely N-dealkylation sites (tertiary alicyclic amines) is 1. The lowest BCUT2D eigenvalue weighted by Crippen LogP contribution is -2.42. The summed E-state index contributed by atoms with van der Waals surface area (Å²) in [7, 11) is 1.70. The highest BCUT2D eigenvalue weighted by atomic mass is 16.5. The second kappa shape index (κ2) is 9.13. The summed E-state index contributed by atoms with van der Waals surface area (Å²) in [6, 6.07) is 11.4. The number of aryl methyl sites for hydroxylation is 1. The van der Waals surface area contributed by atoms with Crippen LogP contribution in [0.25, 0.3) is 5.69 Å². The van der Waals surface area contributed by atoms with Crippen LogP contribution in [0.5, 0.6) is 0 Å². The van der Waals surface area contributed by atoms with Crippen molar-refractivity contribution < 1.29 is 14.1 Å². The predicted octanol–water partition coefficient (Wildman–Crippen LogP) is 2.58. The van der Waals surface area contributed by atoms with Gasteiger partial charge in [0.15, 0.2) is 0 Å². The zero-order valence-electron chi connectivity index (χ0n) is 18.2. The van der Waals surface area contributed by atoms with Crippen molar-refractivity contribution >= 4 is 11.8 Å². The highest BCUT2D eigenvalue weighted by molar-refractivity contribution is 5.90. The molecule has 0 bridgehead atoms. The molecular formula is C23H28N6O3. The van der Waals surface area contributed by atoms with Crippen molar-refractivity contribution in [2.24, 2.45) is 0 Å². The third kappa shape index (κ3) is 4.13. The van der Waals surface area contributed by atoms with E-state index in [1.807, 2.05) is 41.1 Å². The Kier molecular flexibility index (Phi) is 5.91. The lowest BCUT2D eigenvalue weighted by atomic mass is 10.0. The molecule has 9 nitrogen and oxygen atoms in total. The van der Waals surface area contributed by atoms with Crippen LogP contribution < -0.4 is 10.6 Å². The number of benzene rings is 1. The highest BCUT2D eigenvalue weighted by Gasteiger charge is 2.37. The van der Waals surface area contributed by atoms with Gasteiger partial charge in [-0.05, 0) is 31.4 Å². The molecule has 1 fully saturated rings. The summed E-state index contributed by atoms with van der Waals surface area (Å²) in [5.41, 5.74) is 3.13. The van der Waals surface area contributed by atoms with Gasteiger partial charge in [0, 0.05) is 38.4 Å². The molecular weight excluding hydrogens is 408 g/mol. The summed E-state index contributed by atoms with van der Waals surface area (Å²) in [4.78, 5) is 15.4. The summed E-state index contributed by atoms with van der Waals surface area (Å²) >= 11 is 0. The summed E-state index contributed by atoms with van der Waals surface area (Å²) in [5.74, 6) is 1.57. The Morgan fingerprint density at radius 3 is 2.88 bits per heavy atom. The summed E-state index contributed by atoms with van der Waals surface area (Å²) < 4.78 is 12.5. The van der Waals surface area contributed by atoms with Crippen molar-refractivity contribution in [1.29, 1.82) is 0 Å². The van der Waals surface area contributed by atoms with Gasteiger partial charge in [-0.15, -0.1) is 0 Å². The molecule has 1 saturated heterocycles. The number of hydrogen-bond donors (Lipinski definition) is 2. The molecule has 2 amide bonds. The van der Waals surface area contributed by atoms with E-state index in [0.717, 1.165) is 67.4 Å². The van der Waals surface area contributed by atoms with Gasteiger partial charge < -0.3 is 14.6 Å². The van der Waals surface area contributed by atoms with E-state index in [2.05, 4.69) is 20.7 Å². The van der Waals surface area contributed by atoms with E-state index < -0.39 is 0 Å². The molecule has 3 heterocycles. The van der Waals surface area contributed by atoms with E-state index in [-0.39, 0.29) is 18.0 Å². The monoisotopic (exact) mass is 436 g/mol. The Morgan fingerprint density at radius 1 is 1.22 bits per heavy atom. The number of fused-ring (bicyclic) bond motifs is 1. The molecule has 0 saturated carbocycles. The van der Waals surface area contributed by atoms with E-state index in [1.165, 1.54) is 0 Å². The maximum absolute atomic E-state index is 13.1. The Bertz CT molecular complexity index is 1050. The average molecular weight is 437 g/mol. The van der Waals surface area contributed by atoms with E-state index in [0.29, 0.717) is 6.61 Å². The first kappa shape index (κ1) is 20.7. The molecule has 0 radical (unpaired) electrons. The number of carbonyl (C=O) groups is 1. The maximum atomic E-state index is 13.1. The van der Waals surface area contributed by atoms with Gasteiger partial charge in [0.2, 0.25) is 0 Å². The number of nitrogens with one attached hydrogen (secondary N) is 2. The molecule has 9 heteroatoms. The summed E-state index contributed by atoms with van der Waals surface area (Å²) in [5, 5.41) is 14.9. The van der Waals surface area contributed by atoms with Crippen LogP contribution in [0.2, 0.25) is 0 Å². The third-order valence-corrected chi connectivity index (χ3v) is 6.29. The normalized spacial score (nSPS) is 20.4. The second-order valence-electron chi connectivity index (χ2n) is 8.35. The lowest BCUT2D eigenvalue weighted by molar-refractivity contribution is 0.159. The van der Waals surface area contributed by atoms with Crippen LogP contribution >= 0.6 is 0 Å². The number of anilines is 1. The van der Waals surface area contributed by atoms with Gasteiger partial charge in [-0.2, -0.15) is 5.10 Å². The number of ether oxygens (including phenoxy) is 1. The first-order valence-electron chi connectivity index (χ1n) is 11.1. The van der Waals surface area contributed by atoms with E-state index >= 15 is 0 Å². The first-order chi connectivity index (χ1) is 15.7. The number of para-hydroxylation sites is 1. The van der Waals surface area contributed by atoms with Crippen molar-refractivity contribution in [3.05, 3.63) is 59.6 Å². The van der Waals surface area contributed by atoms with Gasteiger partial charge in [0.1, 0.15) is 11.6 Å². The van der Waals surface area contributed by atoms with Crippen molar-refractivity contribution in [3.8, 4) is 5.69 Å². The number of methoxy groups -OCH3 is 1. The van der Waals surface area contributed by atoms with Gasteiger partial charge in [-0.3, -0.25) is 10.2 Å². The van der Waals surface area contributed by atoms with Crippen molar-refractivity contribution in [2.45, 2.75) is 31.2 Å². The van der Waals surface area contributed by atoms with Crippen LogP contribution in [0.3, 0.4) is 0 Å². The molecule has 32 heavy (non-hydrogen) atoms. The molecule has 1 aliphatic carbocycles. The minimum absolute atomic E-state index is 0.0323. The van der Waals surface area contributed by atoms with E-state index in [4.69, 9.17) is 14.4 Å². The van der Waals surface area contributed by atoms with Gasteiger partial charge in [-0.25, -0.2) is 9.48 Å². The van der Waals surface area contributed by atoms with Crippen LogP contribution in [-0.4, -0.2) is 65.3 Å². The Balaban J connectivity index is 1.34. The highest BCUT2D eigenvalue weighted by Crippen LogP contribution is 2.31. The molecule has 2 atom stereocenters.